The molecule has 0 fully saturated rings. The number of aliphatic imine (C=N–C) groups is 1. The molecule has 2 rings (SSSR count). The van der Waals surface area contributed by atoms with Crippen LogP contribution in [0, 0.1) is 5.82 Å². The van der Waals surface area contributed by atoms with Gasteiger partial charge in [-0.15, -0.1) is 0 Å². The Kier molecular flexibility index (Phi) is 7.42. The van der Waals surface area contributed by atoms with Gasteiger partial charge in [0.15, 0.2) is 5.96 Å². The molecule has 2 aromatic carbocycles. The largest absolute Gasteiger partial charge is 0.355 e. The van der Waals surface area contributed by atoms with Crippen LogP contribution in [0.1, 0.15) is 11.1 Å². The highest BCUT2D eigenvalue weighted by atomic mass is 32.2. The zero-order chi connectivity index (χ0) is 17.2. The van der Waals surface area contributed by atoms with Crippen molar-refractivity contribution >= 4 is 16.8 Å². The minimum Gasteiger partial charge on any atom is -0.355 e. The fourth-order valence-corrected chi connectivity index (χ4v) is 3.21. The Hall–Kier alpha value is -2.21. The van der Waals surface area contributed by atoms with Crippen LogP contribution in [0.25, 0.3) is 0 Å². The summed E-state index contributed by atoms with van der Waals surface area (Å²) in [5.41, 5.74) is 1.91. The summed E-state index contributed by atoms with van der Waals surface area (Å²) in [7, 11) is 0.741. The second-order valence-electron chi connectivity index (χ2n) is 5.26. The zero-order valence-electron chi connectivity index (χ0n) is 13.7. The van der Waals surface area contributed by atoms with Crippen LogP contribution in [0.5, 0.6) is 0 Å². The van der Waals surface area contributed by atoms with Crippen molar-refractivity contribution in [2.75, 3.05) is 19.3 Å². The molecule has 0 saturated heterocycles. The Bertz CT molecular complexity index is 692. The molecule has 2 N–H and O–H groups in total. The molecular weight excluding hydrogens is 325 g/mol. The van der Waals surface area contributed by atoms with Crippen molar-refractivity contribution in [2.45, 2.75) is 12.3 Å². The third-order valence-electron chi connectivity index (χ3n) is 3.37. The molecule has 2 aromatic rings. The van der Waals surface area contributed by atoms with Crippen molar-refractivity contribution in [1.82, 2.24) is 10.6 Å². The van der Waals surface area contributed by atoms with Crippen LogP contribution >= 0.6 is 0 Å². The maximum Gasteiger partial charge on any atom is 0.191 e. The van der Waals surface area contributed by atoms with Crippen LogP contribution in [-0.2, 0) is 23.1 Å². The third-order valence-corrected chi connectivity index (χ3v) is 4.68. The van der Waals surface area contributed by atoms with Crippen LogP contribution in [0.3, 0.4) is 0 Å². The topological polar surface area (TPSA) is 53.5 Å². The van der Waals surface area contributed by atoms with E-state index in [2.05, 4.69) is 15.6 Å². The van der Waals surface area contributed by atoms with Gasteiger partial charge in [0.2, 0.25) is 0 Å². The van der Waals surface area contributed by atoms with E-state index < -0.39 is 10.8 Å². The Morgan fingerprint density at radius 2 is 1.83 bits per heavy atom. The Morgan fingerprint density at radius 3 is 2.54 bits per heavy atom. The van der Waals surface area contributed by atoms with E-state index in [1.54, 1.807) is 13.1 Å². The van der Waals surface area contributed by atoms with Gasteiger partial charge in [0.05, 0.1) is 0 Å². The molecule has 1 unspecified atom stereocenters. The van der Waals surface area contributed by atoms with Gasteiger partial charge in [0.25, 0.3) is 0 Å². The summed E-state index contributed by atoms with van der Waals surface area (Å²) in [6.45, 7) is 1.03. The van der Waals surface area contributed by atoms with Gasteiger partial charge < -0.3 is 10.6 Å². The first-order valence-corrected chi connectivity index (χ1v) is 9.24. The van der Waals surface area contributed by atoms with Gasteiger partial charge in [-0.3, -0.25) is 9.20 Å². The second kappa shape index (κ2) is 9.82. The van der Waals surface area contributed by atoms with Gasteiger partial charge in [0.1, 0.15) is 5.82 Å². The molecule has 0 bridgehead atoms. The maximum atomic E-state index is 13.1. The number of hydrogen-bond donors (Lipinski definition) is 2. The quantitative estimate of drug-likeness (QED) is 0.597. The zero-order valence-corrected chi connectivity index (χ0v) is 14.5. The predicted octanol–water partition coefficient (Wildman–Crippen LogP) is 2.44. The first-order chi connectivity index (χ1) is 11.7. The van der Waals surface area contributed by atoms with Crippen molar-refractivity contribution < 1.29 is 8.60 Å². The molecule has 0 heterocycles. The number of nitrogens with zero attached hydrogens (tertiary/aromatic N) is 1. The van der Waals surface area contributed by atoms with Crippen LogP contribution in [-0.4, -0.2) is 29.5 Å². The van der Waals surface area contributed by atoms with Crippen molar-refractivity contribution in [1.29, 1.82) is 0 Å². The van der Waals surface area contributed by atoms with E-state index >= 15 is 0 Å². The summed E-state index contributed by atoms with van der Waals surface area (Å²) < 4.78 is 25.2. The molecule has 0 aliphatic rings. The summed E-state index contributed by atoms with van der Waals surface area (Å²) >= 11 is 0. The molecule has 4 nitrogen and oxygen atoms in total. The molecule has 0 aliphatic heterocycles. The van der Waals surface area contributed by atoms with Gasteiger partial charge in [-0.25, -0.2) is 4.39 Å². The summed E-state index contributed by atoms with van der Waals surface area (Å²) in [5, 5.41) is 6.23. The smallest absolute Gasteiger partial charge is 0.191 e. The van der Waals surface area contributed by atoms with E-state index in [0.29, 0.717) is 30.6 Å². The number of nitrogens with one attached hydrogen (secondary N) is 2. The number of rotatable bonds is 7. The summed E-state index contributed by atoms with van der Waals surface area (Å²) in [6, 6.07) is 16.2. The van der Waals surface area contributed by atoms with Crippen molar-refractivity contribution in [3.05, 3.63) is 71.5 Å². The predicted molar refractivity (Wildman–Crippen MR) is 97.8 cm³/mol. The number of benzene rings is 2. The number of hydrogen-bond acceptors (Lipinski definition) is 2. The van der Waals surface area contributed by atoms with Gasteiger partial charge in [-0.2, -0.15) is 0 Å². The normalized spacial score (nSPS) is 12.7. The van der Waals surface area contributed by atoms with E-state index in [1.807, 2.05) is 36.4 Å². The Morgan fingerprint density at radius 1 is 1.08 bits per heavy atom. The standard InChI is InChI=1S/C18H22FN3OS/c1-20-18(22-13-16-8-5-9-17(19)12-16)21-10-11-24(23)14-15-6-3-2-4-7-15/h2-9,12H,10-11,13-14H2,1H3,(H2,20,21,22). The monoisotopic (exact) mass is 347 g/mol. The lowest BCUT2D eigenvalue weighted by Gasteiger charge is -2.12. The SMILES string of the molecule is CN=C(NCCS(=O)Cc1ccccc1)NCc1cccc(F)c1. The van der Waals surface area contributed by atoms with E-state index in [-0.39, 0.29) is 5.82 Å². The van der Waals surface area contributed by atoms with Crippen LogP contribution in [0.2, 0.25) is 0 Å². The average Bonchev–Trinajstić information content (AvgIpc) is 2.59. The van der Waals surface area contributed by atoms with Crippen molar-refractivity contribution in [2.24, 2.45) is 4.99 Å². The lowest BCUT2D eigenvalue weighted by molar-refractivity contribution is 0.624. The molecule has 128 valence electrons. The molecule has 0 amide bonds. The summed E-state index contributed by atoms with van der Waals surface area (Å²) in [6.07, 6.45) is 0. The van der Waals surface area contributed by atoms with Gasteiger partial charge in [-0.1, -0.05) is 42.5 Å². The first-order valence-electron chi connectivity index (χ1n) is 7.75. The lowest BCUT2D eigenvalue weighted by Crippen LogP contribution is -2.38. The first kappa shape index (κ1) is 18.1. The molecule has 0 spiro atoms. The van der Waals surface area contributed by atoms with E-state index in [1.165, 1.54) is 12.1 Å². The Labute approximate surface area is 144 Å². The van der Waals surface area contributed by atoms with E-state index in [9.17, 15) is 8.60 Å². The average molecular weight is 347 g/mol. The van der Waals surface area contributed by atoms with Gasteiger partial charge in [0, 0.05) is 42.4 Å². The third kappa shape index (κ3) is 6.50. The second-order valence-corrected chi connectivity index (χ2v) is 6.83. The van der Waals surface area contributed by atoms with E-state index in [0.717, 1.165) is 11.1 Å². The van der Waals surface area contributed by atoms with Crippen LogP contribution in [0.15, 0.2) is 59.6 Å². The van der Waals surface area contributed by atoms with Gasteiger partial charge in [-0.05, 0) is 23.3 Å². The molecular formula is C18H22FN3OS. The van der Waals surface area contributed by atoms with Gasteiger partial charge >= 0.3 is 0 Å². The van der Waals surface area contributed by atoms with Crippen molar-refractivity contribution in [3.8, 4) is 0 Å². The molecule has 0 aromatic heterocycles. The highest BCUT2D eigenvalue weighted by molar-refractivity contribution is 7.84. The number of halogens is 1. The molecule has 0 radical (unpaired) electrons. The van der Waals surface area contributed by atoms with E-state index in [4.69, 9.17) is 0 Å². The molecule has 0 saturated carbocycles. The summed E-state index contributed by atoms with van der Waals surface area (Å²) in [4.78, 5) is 4.11. The Balaban J connectivity index is 1.70. The van der Waals surface area contributed by atoms with Crippen LogP contribution < -0.4 is 10.6 Å². The molecule has 0 aliphatic carbocycles. The molecule has 1 atom stereocenters. The molecule has 6 heteroatoms. The lowest BCUT2D eigenvalue weighted by atomic mass is 10.2. The van der Waals surface area contributed by atoms with Crippen LogP contribution in [0.4, 0.5) is 4.39 Å². The fourth-order valence-electron chi connectivity index (χ4n) is 2.17. The minimum absolute atomic E-state index is 0.256. The minimum atomic E-state index is -0.927. The van der Waals surface area contributed by atoms with Crippen molar-refractivity contribution in [3.63, 3.8) is 0 Å². The fraction of sp³-hybridized carbons (Fsp3) is 0.278. The molecule has 24 heavy (non-hydrogen) atoms. The highest BCUT2D eigenvalue weighted by Crippen LogP contribution is 2.03. The maximum absolute atomic E-state index is 13.1. The number of guanidine groups is 1. The summed E-state index contributed by atoms with van der Waals surface area (Å²) in [5.74, 6) is 1.44. The highest BCUT2D eigenvalue weighted by Gasteiger charge is 2.03.